The van der Waals surface area contributed by atoms with Gasteiger partial charge in [-0.25, -0.2) is 0 Å². The molecule has 0 saturated heterocycles. The number of hydrogen-bond donors (Lipinski definition) is 1. The van der Waals surface area contributed by atoms with Gasteiger partial charge < -0.3 is 14.8 Å². The average Bonchev–Trinajstić information content (AvgIpc) is 2.54. The number of amides is 1. The SMILES string of the molecule is COc1cc(C(=O)Nc2cccc([N+](=O)[O-])c2)cc(I)c1OC. The maximum Gasteiger partial charge on any atom is 0.271 e. The van der Waals surface area contributed by atoms with Gasteiger partial charge in [0.2, 0.25) is 0 Å². The van der Waals surface area contributed by atoms with Gasteiger partial charge in [-0.2, -0.15) is 0 Å². The molecular formula is C15H13IN2O5. The van der Waals surface area contributed by atoms with Gasteiger partial charge in [-0.1, -0.05) is 6.07 Å². The smallest absolute Gasteiger partial charge is 0.271 e. The molecule has 2 aromatic carbocycles. The fourth-order valence-electron chi connectivity index (χ4n) is 1.95. The molecule has 0 heterocycles. The molecule has 7 nitrogen and oxygen atoms in total. The molecule has 0 radical (unpaired) electrons. The number of methoxy groups -OCH3 is 2. The Morgan fingerprint density at radius 1 is 1.22 bits per heavy atom. The Hall–Kier alpha value is -2.36. The third-order valence-electron chi connectivity index (χ3n) is 3.01. The summed E-state index contributed by atoms with van der Waals surface area (Å²) in [5, 5.41) is 13.4. The van der Waals surface area contributed by atoms with E-state index in [4.69, 9.17) is 9.47 Å². The summed E-state index contributed by atoms with van der Waals surface area (Å²) in [6.45, 7) is 0. The standard InChI is InChI=1S/C15H13IN2O5/c1-22-13-7-9(6-12(16)14(13)23-2)15(19)17-10-4-3-5-11(8-10)18(20)21/h3-8H,1-2H3,(H,17,19). The summed E-state index contributed by atoms with van der Waals surface area (Å²) < 4.78 is 11.1. The number of carbonyl (C=O) groups excluding carboxylic acids is 1. The summed E-state index contributed by atoms with van der Waals surface area (Å²) in [5.74, 6) is 0.577. The van der Waals surface area contributed by atoms with E-state index in [1.54, 1.807) is 18.2 Å². The van der Waals surface area contributed by atoms with E-state index in [0.29, 0.717) is 26.3 Å². The fraction of sp³-hybridized carbons (Fsp3) is 0.133. The van der Waals surface area contributed by atoms with E-state index < -0.39 is 10.8 Å². The highest BCUT2D eigenvalue weighted by Crippen LogP contribution is 2.33. The molecule has 0 aliphatic rings. The zero-order valence-corrected chi connectivity index (χ0v) is 14.5. The van der Waals surface area contributed by atoms with Crippen molar-refractivity contribution in [2.75, 3.05) is 19.5 Å². The zero-order valence-electron chi connectivity index (χ0n) is 12.3. The van der Waals surface area contributed by atoms with Crippen LogP contribution in [0.3, 0.4) is 0 Å². The minimum Gasteiger partial charge on any atom is -0.493 e. The number of rotatable bonds is 5. The lowest BCUT2D eigenvalue weighted by Gasteiger charge is -2.12. The van der Waals surface area contributed by atoms with Gasteiger partial charge in [0.15, 0.2) is 11.5 Å². The van der Waals surface area contributed by atoms with Crippen molar-refractivity contribution in [3.8, 4) is 11.5 Å². The van der Waals surface area contributed by atoms with Gasteiger partial charge in [-0.05, 0) is 40.8 Å². The first-order valence-electron chi connectivity index (χ1n) is 6.43. The van der Waals surface area contributed by atoms with Crippen LogP contribution in [0.1, 0.15) is 10.4 Å². The molecule has 0 fully saturated rings. The Morgan fingerprint density at radius 3 is 2.57 bits per heavy atom. The van der Waals surface area contributed by atoms with Gasteiger partial charge in [0.1, 0.15) is 0 Å². The molecule has 0 spiro atoms. The Morgan fingerprint density at radius 2 is 1.96 bits per heavy atom. The number of ether oxygens (including phenoxy) is 2. The summed E-state index contributed by atoms with van der Waals surface area (Å²) in [6.07, 6.45) is 0. The van der Waals surface area contributed by atoms with Gasteiger partial charge in [-0.15, -0.1) is 0 Å². The third kappa shape index (κ3) is 3.89. The van der Waals surface area contributed by atoms with Gasteiger partial charge in [-0.3, -0.25) is 14.9 Å². The second kappa shape index (κ2) is 7.27. The van der Waals surface area contributed by atoms with Crippen molar-refractivity contribution < 1.29 is 19.2 Å². The summed E-state index contributed by atoms with van der Waals surface area (Å²) in [4.78, 5) is 22.6. The van der Waals surface area contributed by atoms with Crippen LogP contribution in [0.15, 0.2) is 36.4 Å². The van der Waals surface area contributed by atoms with Crippen LogP contribution in [-0.4, -0.2) is 25.1 Å². The number of nitrogens with zero attached hydrogens (tertiary/aromatic N) is 1. The van der Waals surface area contributed by atoms with E-state index in [2.05, 4.69) is 5.32 Å². The van der Waals surface area contributed by atoms with Gasteiger partial charge >= 0.3 is 0 Å². The molecule has 0 saturated carbocycles. The molecule has 120 valence electrons. The number of nitro groups is 1. The summed E-state index contributed by atoms with van der Waals surface area (Å²) in [6, 6.07) is 8.93. The predicted molar refractivity (Wildman–Crippen MR) is 93.3 cm³/mol. The van der Waals surface area contributed by atoms with E-state index in [9.17, 15) is 14.9 Å². The molecule has 8 heteroatoms. The molecule has 0 aliphatic heterocycles. The molecule has 23 heavy (non-hydrogen) atoms. The fourth-order valence-corrected chi connectivity index (χ4v) is 2.77. The Bertz CT molecular complexity index is 764. The molecule has 0 unspecified atom stereocenters. The van der Waals surface area contributed by atoms with Crippen molar-refractivity contribution in [2.24, 2.45) is 0 Å². The van der Waals surface area contributed by atoms with Crippen LogP contribution in [0.2, 0.25) is 0 Å². The minimum atomic E-state index is -0.519. The van der Waals surface area contributed by atoms with E-state index >= 15 is 0 Å². The number of carbonyl (C=O) groups is 1. The Kier molecular flexibility index (Phi) is 5.37. The lowest BCUT2D eigenvalue weighted by molar-refractivity contribution is -0.384. The minimum absolute atomic E-state index is 0.0929. The quantitative estimate of drug-likeness (QED) is 0.448. The first kappa shape index (κ1) is 17.0. The second-order valence-corrected chi connectivity index (χ2v) is 5.62. The van der Waals surface area contributed by atoms with Crippen molar-refractivity contribution in [2.45, 2.75) is 0 Å². The lowest BCUT2D eigenvalue weighted by Crippen LogP contribution is -2.12. The van der Waals surface area contributed by atoms with Crippen molar-refractivity contribution in [1.82, 2.24) is 0 Å². The third-order valence-corrected chi connectivity index (χ3v) is 3.81. The highest BCUT2D eigenvalue weighted by molar-refractivity contribution is 14.1. The van der Waals surface area contributed by atoms with Crippen molar-refractivity contribution in [3.05, 3.63) is 55.6 Å². The largest absolute Gasteiger partial charge is 0.493 e. The average molecular weight is 428 g/mol. The van der Waals surface area contributed by atoms with E-state index in [0.717, 1.165) is 0 Å². The maximum absolute atomic E-state index is 12.3. The van der Waals surface area contributed by atoms with Crippen LogP contribution >= 0.6 is 22.6 Å². The van der Waals surface area contributed by atoms with Crippen LogP contribution in [0.5, 0.6) is 11.5 Å². The van der Waals surface area contributed by atoms with Crippen molar-refractivity contribution in [3.63, 3.8) is 0 Å². The van der Waals surface area contributed by atoms with Gasteiger partial charge in [0.05, 0.1) is 22.7 Å². The maximum atomic E-state index is 12.3. The van der Waals surface area contributed by atoms with Crippen LogP contribution in [0, 0.1) is 13.7 Å². The van der Waals surface area contributed by atoms with Gasteiger partial charge in [0, 0.05) is 23.4 Å². The first-order chi connectivity index (χ1) is 11.0. The molecule has 0 bridgehead atoms. The predicted octanol–water partition coefficient (Wildman–Crippen LogP) is 3.47. The number of anilines is 1. The number of nitrogens with one attached hydrogen (secondary N) is 1. The number of non-ortho nitro benzene ring substituents is 1. The molecule has 0 atom stereocenters. The second-order valence-electron chi connectivity index (χ2n) is 4.46. The summed E-state index contributed by atoms with van der Waals surface area (Å²) in [5.41, 5.74) is 0.609. The topological polar surface area (TPSA) is 90.7 Å². The Labute approximate surface area is 145 Å². The van der Waals surface area contributed by atoms with Crippen molar-refractivity contribution >= 4 is 39.9 Å². The Balaban J connectivity index is 2.29. The van der Waals surface area contributed by atoms with Crippen molar-refractivity contribution in [1.29, 1.82) is 0 Å². The first-order valence-corrected chi connectivity index (χ1v) is 7.51. The number of nitro benzene ring substituents is 1. The van der Waals surface area contributed by atoms with Crippen LogP contribution in [0.4, 0.5) is 11.4 Å². The molecule has 1 N–H and O–H groups in total. The summed E-state index contributed by atoms with van der Waals surface area (Å²) in [7, 11) is 3.00. The highest BCUT2D eigenvalue weighted by Gasteiger charge is 2.16. The number of halogens is 1. The summed E-state index contributed by atoms with van der Waals surface area (Å²) >= 11 is 2.04. The molecular weight excluding hydrogens is 415 g/mol. The van der Waals surface area contributed by atoms with Crippen LogP contribution in [0.25, 0.3) is 0 Å². The van der Waals surface area contributed by atoms with Crippen LogP contribution in [-0.2, 0) is 0 Å². The van der Waals surface area contributed by atoms with E-state index in [-0.39, 0.29) is 5.69 Å². The number of hydrogen-bond acceptors (Lipinski definition) is 5. The molecule has 1 amide bonds. The van der Waals surface area contributed by atoms with Gasteiger partial charge in [0.25, 0.3) is 11.6 Å². The monoisotopic (exact) mass is 428 g/mol. The molecule has 2 aromatic rings. The lowest BCUT2D eigenvalue weighted by atomic mass is 10.1. The molecule has 2 rings (SSSR count). The highest BCUT2D eigenvalue weighted by atomic mass is 127. The number of benzene rings is 2. The van der Waals surface area contributed by atoms with E-state index in [1.807, 2.05) is 22.6 Å². The molecule has 0 aliphatic carbocycles. The van der Waals surface area contributed by atoms with Crippen LogP contribution < -0.4 is 14.8 Å². The molecule has 0 aromatic heterocycles. The van der Waals surface area contributed by atoms with E-state index in [1.165, 1.54) is 32.4 Å². The normalized spacial score (nSPS) is 10.0. The zero-order chi connectivity index (χ0) is 17.0.